The molecular weight excluding hydrogens is 322 g/mol. The highest BCUT2D eigenvalue weighted by atomic mass is 16.1. The van der Waals surface area contributed by atoms with E-state index in [4.69, 9.17) is 0 Å². The first-order chi connectivity index (χ1) is 12.5. The van der Waals surface area contributed by atoms with Gasteiger partial charge in [0.2, 0.25) is 0 Å². The van der Waals surface area contributed by atoms with Crippen LogP contribution in [0, 0.1) is 13.8 Å². The molecule has 0 atom stereocenters. The summed E-state index contributed by atoms with van der Waals surface area (Å²) in [5.41, 5.74) is 5.56. The Kier molecular flexibility index (Phi) is 5.32. The van der Waals surface area contributed by atoms with Gasteiger partial charge in [-0.2, -0.15) is 0 Å². The largest absolute Gasteiger partial charge is 0.369 e. The topological polar surface area (TPSA) is 45.2 Å². The predicted octanol–water partition coefficient (Wildman–Crippen LogP) is 4.59. The number of anilines is 2. The molecule has 0 saturated carbocycles. The highest BCUT2D eigenvalue weighted by molar-refractivity contribution is 6.03. The van der Waals surface area contributed by atoms with Gasteiger partial charge in [-0.05, 0) is 48.7 Å². The number of rotatable bonds is 5. The fourth-order valence-electron chi connectivity index (χ4n) is 2.75. The van der Waals surface area contributed by atoms with Crippen molar-refractivity contribution in [3.05, 3.63) is 89.2 Å². The number of hydrogen-bond donors (Lipinski definition) is 1. The first-order valence-electron chi connectivity index (χ1n) is 8.62. The summed E-state index contributed by atoms with van der Waals surface area (Å²) in [5, 5.41) is 2.94. The van der Waals surface area contributed by atoms with Gasteiger partial charge < -0.3 is 10.2 Å². The van der Waals surface area contributed by atoms with Crippen molar-refractivity contribution >= 4 is 17.3 Å². The smallest absolute Gasteiger partial charge is 0.274 e. The van der Waals surface area contributed by atoms with Crippen LogP contribution in [-0.4, -0.2) is 17.9 Å². The van der Waals surface area contributed by atoms with Gasteiger partial charge >= 0.3 is 0 Å². The number of pyridine rings is 1. The Morgan fingerprint density at radius 1 is 1.04 bits per heavy atom. The summed E-state index contributed by atoms with van der Waals surface area (Å²) < 4.78 is 0. The van der Waals surface area contributed by atoms with Gasteiger partial charge in [-0.1, -0.05) is 42.5 Å². The van der Waals surface area contributed by atoms with E-state index in [2.05, 4.69) is 27.3 Å². The number of nitrogens with one attached hydrogen (secondary N) is 1. The van der Waals surface area contributed by atoms with Gasteiger partial charge in [-0.15, -0.1) is 0 Å². The number of aromatic nitrogens is 1. The number of nitrogens with zero attached hydrogens (tertiary/aromatic N) is 2. The SMILES string of the molecule is Cc1ccc(C)c(NC(=O)c2ccc(N(C)Cc3ccccc3)cn2)c1. The van der Waals surface area contributed by atoms with Crippen LogP contribution in [0.1, 0.15) is 27.2 Å². The maximum absolute atomic E-state index is 12.5. The van der Waals surface area contributed by atoms with E-state index in [-0.39, 0.29) is 5.91 Å². The Morgan fingerprint density at radius 3 is 2.50 bits per heavy atom. The van der Waals surface area contributed by atoms with E-state index in [1.165, 1.54) is 5.56 Å². The van der Waals surface area contributed by atoms with Crippen molar-refractivity contribution in [1.82, 2.24) is 4.98 Å². The predicted molar refractivity (Wildman–Crippen MR) is 107 cm³/mol. The molecule has 132 valence electrons. The van der Waals surface area contributed by atoms with Crippen LogP contribution in [0.15, 0.2) is 66.9 Å². The van der Waals surface area contributed by atoms with E-state index in [0.29, 0.717) is 5.69 Å². The van der Waals surface area contributed by atoms with Crippen molar-refractivity contribution in [3.8, 4) is 0 Å². The Morgan fingerprint density at radius 2 is 1.81 bits per heavy atom. The number of hydrogen-bond acceptors (Lipinski definition) is 3. The zero-order valence-corrected chi connectivity index (χ0v) is 15.4. The molecule has 0 aliphatic rings. The van der Waals surface area contributed by atoms with E-state index in [1.807, 2.05) is 63.4 Å². The van der Waals surface area contributed by atoms with E-state index in [9.17, 15) is 4.79 Å². The lowest BCUT2D eigenvalue weighted by Crippen LogP contribution is -2.18. The normalized spacial score (nSPS) is 10.4. The Hall–Kier alpha value is -3.14. The lowest BCUT2D eigenvalue weighted by Gasteiger charge is -2.19. The highest BCUT2D eigenvalue weighted by Gasteiger charge is 2.10. The molecule has 3 rings (SSSR count). The quantitative estimate of drug-likeness (QED) is 0.736. The maximum Gasteiger partial charge on any atom is 0.274 e. The molecular formula is C22H23N3O. The molecule has 0 saturated heterocycles. The number of carbonyl (C=O) groups is 1. The second-order valence-corrected chi connectivity index (χ2v) is 6.52. The summed E-state index contributed by atoms with van der Waals surface area (Å²) in [6, 6.07) is 19.9. The molecule has 0 fully saturated rings. The van der Waals surface area contributed by atoms with Gasteiger partial charge in [0.25, 0.3) is 5.91 Å². The standard InChI is InChI=1S/C22H23N3O/c1-16-9-10-17(2)21(13-16)24-22(26)20-12-11-19(14-23-20)25(3)15-18-7-5-4-6-8-18/h4-14H,15H2,1-3H3,(H,24,26). The van der Waals surface area contributed by atoms with Gasteiger partial charge in [-0.3, -0.25) is 4.79 Å². The third-order valence-corrected chi connectivity index (χ3v) is 4.33. The summed E-state index contributed by atoms with van der Waals surface area (Å²) in [6.45, 7) is 4.77. The molecule has 0 radical (unpaired) electrons. The van der Waals surface area contributed by atoms with E-state index in [0.717, 1.165) is 29.0 Å². The van der Waals surface area contributed by atoms with Crippen LogP contribution >= 0.6 is 0 Å². The van der Waals surface area contributed by atoms with Crippen molar-refractivity contribution in [2.75, 3.05) is 17.3 Å². The van der Waals surface area contributed by atoms with E-state index in [1.54, 1.807) is 12.3 Å². The number of aryl methyl sites for hydroxylation is 2. The Balaban J connectivity index is 1.68. The molecule has 0 bridgehead atoms. The van der Waals surface area contributed by atoms with Crippen LogP contribution < -0.4 is 10.2 Å². The number of benzene rings is 2. The first-order valence-corrected chi connectivity index (χ1v) is 8.62. The average molecular weight is 345 g/mol. The highest BCUT2D eigenvalue weighted by Crippen LogP contribution is 2.18. The minimum absolute atomic E-state index is 0.198. The van der Waals surface area contributed by atoms with Crippen molar-refractivity contribution in [1.29, 1.82) is 0 Å². The monoisotopic (exact) mass is 345 g/mol. The van der Waals surface area contributed by atoms with Crippen LogP contribution in [0.4, 0.5) is 11.4 Å². The minimum atomic E-state index is -0.198. The first kappa shape index (κ1) is 17.7. The van der Waals surface area contributed by atoms with Crippen LogP contribution in [-0.2, 0) is 6.54 Å². The van der Waals surface area contributed by atoms with Gasteiger partial charge in [-0.25, -0.2) is 4.98 Å². The molecule has 0 aliphatic carbocycles. The zero-order valence-electron chi connectivity index (χ0n) is 15.4. The number of amides is 1. The van der Waals surface area contributed by atoms with Crippen LogP contribution in [0.3, 0.4) is 0 Å². The molecule has 2 aromatic carbocycles. The van der Waals surface area contributed by atoms with Gasteiger partial charge in [0.05, 0.1) is 11.9 Å². The third kappa shape index (κ3) is 4.28. The zero-order chi connectivity index (χ0) is 18.5. The Bertz CT molecular complexity index is 889. The third-order valence-electron chi connectivity index (χ3n) is 4.33. The fourth-order valence-corrected chi connectivity index (χ4v) is 2.75. The van der Waals surface area contributed by atoms with Gasteiger partial charge in [0.1, 0.15) is 5.69 Å². The number of carbonyl (C=O) groups excluding carboxylic acids is 1. The van der Waals surface area contributed by atoms with Crippen molar-refractivity contribution in [2.45, 2.75) is 20.4 Å². The molecule has 3 aromatic rings. The lowest BCUT2D eigenvalue weighted by molar-refractivity contribution is 0.102. The molecule has 0 spiro atoms. The molecule has 0 unspecified atom stereocenters. The van der Waals surface area contributed by atoms with Crippen molar-refractivity contribution in [2.24, 2.45) is 0 Å². The molecule has 1 aromatic heterocycles. The molecule has 1 amide bonds. The second kappa shape index (κ2) is 7.83. The molecule has 1 heterocycles. The summed E-state index contributed by atoms with van der Waals surface area (Å²) in [7, 11) is 2.01. The van der Waals surface area contributed by atoms with Crippen LogP contribution in [0.25, 0.3) is 0 Å². The molecule has 26 heavy (non-hydrogen) atoms. The fraction of sp³-hybridized carbons (Fsp3) is 0.182. The van der Waals surface area contributed by atoms with Crippen LogP contribution in [0.2, 0.25) is 0 Å². The molecule has 4 nitrogen and oxygen atoms in total. The maximum atomic E-state index is 12.5. The summed E-state index contributed by atoms with van der Waals surface area (Å²) in [4.78, 5) is 18.9. The lowest BCUT2D eigenvalue weighted by atomic mass is 10.1. The second-order valence-electron chi connectivity index (χ2n) is 6.52. The minimum Gasteiger partial charge on any atom is -0.369 e. The molecule has 1 N–H and O–H groups in total. The Labute approximate surface area is 154 Å². The summed E-state index contributed by atoms with van der Waals surface area (Å²) in [6.07, 6.45) is 1.74. The summed E-state index contributed by atoms with van der Waals surface area (Å²) >= 11 is 0. The summed E-state index contributed by atoms with van der Waals surface area (Å²) in [5.74, 6) is -0.198. The average Bonchev–Trinajstić information content (AvgIpc) is 2.65. The van der Waals surface area contributed by atoms with Gasteiger partial charge in [0, 0.05) is 19.3 Å². The van der Waals surface area contributed by atoms with E-state index < -0.39 is 0 Å². The van der Waals surface area contributed by atoms with Crippen molar-refractivity contribution in [3.63, 3.8) is 0 Å². The van der Waals surface area contributed by atoms with E-state index >= 15 is 0 Å². The molecule has 4 heteroatoms. The van der Waals surface area contributed by atoms with Crippen molar-refractivity contribution < 1.29 is 4.79 Å². The van der Waals surface area contributed by atoms with Crippen LogP contribution in [0.5, 0.6) is 0 Å². The molecule has 0 aliphatic heterocycles. The van der Waals surface area contributed by atoms with Gasteiger partial charge in [0.15, 0.2) is 0 Å².